The number of carbonyl (C=O) groups is 1. The standard InChI is InChI=1S/C12H15NO4/c1-6-11(12(16)17)8(10(15)5-14)4-9(13-6)7-2-3-7/h4,7,10,14-15H,2-3,5H2,1H3,(H,16,17). The summed E-state index contributed by atoms with van der Waals surface area (Å²) >= 11 is 0. The Labute approximate surface area is 98.7 Å². The Morgan fingerprint density at radius 3 is 2.71 bits per heavy atom. The molecule has 5 heteroatoms. The largest absolute Gasteiger partial charge is 0.478 e. The Bertz CT molecular complexity index is 454. The van der Waals surface area contributed by atoms with Crippen molar-refractivity contribution >= 4 is 5.97 Å². The van der Waals surface area contributed by atoms with Crippen LogP contribution < -0.4 is 0 Å². The Balaban J connectivity index is 2.53. The molecule has 1 atom stereocenters. The van der Waals surface area contributed by atoms with Gasteiger partial charge in [0.15, 0.2) is 0 Å². The van der Waals surface area contributed by atoms with E-state index in [1.54, 1.807) is 13.0 Å². The maximum absolute atomic E-state index is 11.1. The predicted molar refractivity (Wildman–Crippen MR) is 60.0 cm³/mol. The van der Waals surface area contributed by atoms with E-state index in [0.717, 1.165) is 18.5 Å². The number of aryl methyl sites for hydroxylation is 1. The van der Waals surface area contributed by atoms with Crippen molar-refractivity contribution in [1.29, 1.82) is 0 Å². The van der Waals surface area contributed by atoms with E-state index in [0.29, 0.717) is 11.6 Å². The lowest BCUT2D eigenvalue weighted by molar-refractivity contribution is 0.0672. The lowest BCUT2D eigenvalue weighted by Gasteiger charge is -2.14. The van der Waals surface area contributed by atoms with E-state index < -0.39 is 18.7 Å². The molecule has 1 heterocycles. The van der Waals surface area contributed by atoms with Crippen LogP contribution in [0, 0.1) is 6.92 Å². The molecule has 5 nitrogen and oxygen atoms in total. The highest BCUT2D eigenvalue weighted by atomic mass is 16.4. The summed E-state index contributed by atoms with van der Waals surface area (Å²) in [6.45, 7) is 1.12. The summed E-state index contributed by atoms with van der Waals surface area (Å²) in [5.74, 6) is -0.749. The van der Waals surface area contributed by atoms with Gasteiger partial charge in [-0.25, -0.2) is 4.79 Å². The Morgan fingerprint density at radius 2 is 2.24 bits per heavy atom. The molecule has 0 spiro atoms. The molecule has 1 aromatic rings. The zero-order valence-corrected chi connectivity index (χ0v) is 9.55. The number of aromatic nitrogens is 1. The van der Waals surface area contributed by atoms with Gasteiger partial charge in [0, 0.05) is 17.2 Å². The number of nitrogens with zero attached hydrogens (tertiary/aromatic N) is 1. The van der Waals surface area contributed by atoms with E-state index in [-0.39, 0.29) is 11.1 Å². The molecule has 1 unspecified atom stereocenters. The molecule has 17 heavy (non-hydrogen) atoms. The number of pyridine rings is 1. The Kier molecular flexibility index (Phi) is 3.13. The van der Waals surface area contributed by atoms with Gasteiger partial charge in [-0.2, -0.15) is 0 Å². The quantitative estimate of drug-likeness (QED) is 0.726. The summed E-state index contributed by atoms with van der Waals surface area (Å²) in [4.78, 5) is 15.4. The number of hydrogen-bond donors (Lipinski definition) is 3. The minimum atomic E-state index is -1.17. The van der Waals surface area contributed by atoms with Crippen LogP contribution in [0.15, 0.2) is 6.07 Å². The van der Waals surface area contributed by atoms with Crippen molar-refractivity contribution in [3.63, 3.8) is 0 Å². The molecule has 0 aromatic carbocycles. The molecule has 1 aliphatic rings. The van der Waals surface area contributed by atoms with Crippen molar-refractivity contribution in [2.24, 2.45) is 0 Å². The number of aliphatic hydroxyl groups is 2. The maximum Gasteiger partial charge on any atom is 0.337 e. The van der Waals surface area contributed by atoms with Crippen molar-refractivity contribution in [2.45, 2.75) is 31.8 Å². The second-order valence-electron chi connectivity index (χ2n) is 4.37. The number of aliphatic hydroxyl groups excluding tert-OH is 2. The average Bonchev–Trinajstić information content (AvgIpc) is 3.10. The smallest absolute Gasteiger partial charge is 0.337 e. The summed E-state index contributed by atoms with van der Waals surface area (Å²) in [6.07, 6.45) is 0.932. The van der Waals surface area contributed by atoms with Crippen LogP contribution in [0.3, 0.4) is 0 Å². The number of carboxylic acid groups (broad SMARTS) is 1. The molecule has 1 aromatic heterocycles. The van der Waals surface area contributed by atoms with Crippen LogP contribution in [0.2, 0.25) is 0 Å². The first-order chi connectivity index (χ1) is 8.04. The van der Waals surface area contributed by atoms with Gasteiger partial charge in [0.2, 0.25) is 0 Å². The van der Waals surface area contributed by atoms with Gasteiger partial charge >= 0.3 is 5.97 Å². The Morgan fingerprint density at radius 1 is 1.59 bits per heavy atom. The SMILES string of the molecule is Cc1nc(C2CC2)cc(C(O)CO)c1C(=O)O. The van der Waals surface area contributed by atoms with Crippen LogP contribution in [0.25, 0.3) is 0 Å². The molecule has 0 aliphatic heterocycles. The maximum atomic E-state index is 11.1. The molecule has 0 bridgehead atoms. The van der Waals surface area contributed by atoms with Gasteiger partial charge in [0.25, 0.3) is 0 Å². The van der Waals surface area contributed by atoms with Crippen LogP contribution in [0.5, 0.6) is 0 Å². The molecule has 0 saturated heterocycles. The molecule has 1 fully saturated rings. The van der Waals surface area contributed by atoms with Crippen molar-refractivity contribution in [3.8, 4) is 0 Å². The summed E-state index contributed by atoms with van der Waals surface area (Å²) in [5.41, 5.74) is 1.46. The molecular formula is C12H15NO4. The van der Waals surface area contributed by atoms with Gasteiger partial charge < -0.3 is 15.3 Å². The molecule has 0 radical (unpaired) electrons. The van der Waals surface area contributed by atoms with Gasteiger partial charge in [-0.1, -0.05) is 0 Å². The summed E-state index contributed by atoms with van der Waals surface area (Å²) in [5, 5.41) is 27.7. The highest BCUT2D eigenvalue weighted by Crippen LogP contribution is 2.40. The first kappa shape index (κ1) is 12.0. The lowest BCUT2D eigenvalue weighted by Crippen LogP contribution is -2.14. The number of carboxylic acids is 1. The van der Waals surface area contributed by atoms with E-state index in [2.05, 4.69) is 4.98 Å². The van der Waals surface area contributed by atoms with Crippen LogP contribution in [0.1, 0.15) is 52.2 Å². The predicted octanol–water partition coefficient (Wildman–Crippen LogP) is 0.991. The third kappa shape index (κ3) is 2.30. The molecule has 1 aliphatic carbocycles. The fourth-order valence-electron chi connectivity index (χ4n) is 1.95. The molecule has 92 valence electrons. The van der Waals surface area contributed by atoms with E-state index in [1.807, 2.05) is 0 Å². The summed E-state index contributed by atoms with van der Waals surface area (Å²) < 4.78 is 0. The van der Waals surface area contributed by atoms with Crippen LogP contribution in [-0.2, 0) is 0 Å². The van der Waals surface area contributed by atoms with Gasteiger partial charge in [0.1, 0.15) is 6.10 Å². The molecule has 3 N–H and O–H groups in total. The lowest BCUT2D eigenvalue weighted by atomic mass is 9.99. The highest BCUT2D eigenvalue weighted by Gasteiger charge is 2.29. The first-order valence-corrected chi connectivity index (χ1v) is 5.58. The first-order valence-electron chi connectivity index (χ1n) is 5.58. The minimum Gasteiger partial charge on any atom is -0.478 e. The van der Waals surface area contributed by atoms with Crippen molar-refractivity contribution in [3.05, 3.63) is 28.6 Å². The third-order valence-corrected chi connectivity index (χ3v) is 2.99. The normalized spacial score (nSPS) is 16.9. The number of aromatic carboxylic acids is 1. The zero-order chi connectivity index (χ0) is 12.6. The monoisotopic (exact) mass is 237 g/mol. The third-order valence-electron chi connectivity index (χ3n) is 2.99. The van der Waals surface area contributed by atoms with Gasteiger partial charge in [-0.3, -0.25) is 4.98 Å². The van der Waals surface area contributed by atoms with E-state index in [1.165, 1.54) is 0 Å². The molecule has 0 amide bonds. The highest BCUT2D eigenvalue weighted by molar-refractivity contribution is 5.90. The van der Waals surface area contributed by atoms with Gasteiger partial charge in [0.05, 0.1) is 17.9 Å². The van der Waals surface area contributed by atoms with Crippen molar-refractivity contribution in [2.75, 3.05) is 6.61 Å². The van der Waals surface area contributed by atoms with Gasteiger partial charge in [-0.05, 0) is 25.8 Å². The molecular weight excluding hydrogens is 222 g/mol. The second kappa shape index (κ2) is 4.43. The van der Waals surface area contributed by atoms with Crippen molar-refractivity contribution in [1.82, 2.24) is 4.98 Å². The fraction of sp³-hybridized carbons (Fsp3) is 0.500. The van der Waals surface area contributed by atoms with E-state index >= 15 is 0 Å². The van der Waals surface area contributed by atoms with Crippen LogP contribution in [-0.4, -0.2) is 32.9 Å². The van der Waals surface area contributed by atoms with E-state index in [4.69, 9.17) is 10.2 Å². The minimum absolute atomic E-state index is 0.00375. The van der Waals surface area contributed by atoms with Crippen molar-refractivity contribution < 1.29 is 20.1 Å². The van der Waals surface area contributed by atoms with Gasteiger partial charge in [-0.15, -0.1) is 0 Å². The van der Waals surface area contributed by atoms with E-state index in [9.17, 15) is 9.90 Å². The van der Waals surface area contributed by atoms with Crippen LogP contribution in [0.4, 0.5) is 0 Å². The zero-order valence-electron chi connectivity index (χ0n) is 9.55. The fourth-order valence-corrected chi connectivity index (χ4v) is 1.95. The second-order valence-corrected chi connectivity index (χ2v) is 4.37. The number of hydrogen-bond acceptors (Lipinski definition) is 4. The summed E-state index contributed by atoms with van der Waals surface area (Å²) in [7, 11) is 0. The summed E-state index contributed by atoms with van der Waals surface area (Å²) in [6, 6.07) is 1.61. The Hall–Kier alpha value is -1.46. The average molecular weight is 237 g/mol. The topological polar surface area (TPSA) is 90.7 Å². The molecule has 1 saturated carbocycles. The number of rotatable bonds is 4. The van der Waals surface area contributed by atoms with Crippen LogP contribution >= 0.6 is 0 Å². The molecule has 2 rings (SSSR count).